The van der Waals surface area contributed by atoms with Gasteiger partial charge in [-0.2, -0.15) is 0 Å². The Morgan fingerprint density at radius 2 is 2.27 bits per heavy atom. The van der Waals surface area contributed by atoms with Crippen LogP contribution in [0.3, 0.4) is 0 Å². The maximum absolute atomic E-state index is 11.2. The van der Waals surface area contributed by atoms with Crippen LogP contribution in [-0.2, 0) is 4.79 Å². The fraction of sp³-hybridized carbons (Fsp3) is 0. The van der Waals surface area contributed by atoms with Crippen molar-refractivity contribution in [3.63, 3.8) is 0 Å². The molecule has 15 heavy (non-hydrogen) atoms. The minimum Gasteiger partial charge on any atom is -0.506 e. The van der Waals surface area contributed by atoms with Gasteiger partial charge in [-0.15, -0.1) is 0 Å². The van der Waals surface area contributed by atoms with E-state index in [2.05, 4.69) is 10.3 Å². The van der Waals surface area contributed by atoms with E-state index in [1.54, 1.807) is 0 Å². The maximum atomic E-state index is 11.2. The lowest BCUT2D eigenvalue weighted by molar-refractivity contribution is -0.105. The lowest BCUT2D eigenvalue weighted by Gasteiger charge is -1.99. The zero-order chi connectivity index (χ0) is 10.8. The Balaban J connectivity index is 2.70. The van der Waals surface area contributed by atoms with Crippen LogP contribution in [0.5, 0.6) is 5.75 Å². The number of hydrogen-bond donors (Lipinski definition) is 2. The molecule has 0 fully saturated rings. The number of aromatic nitrogens is 1. The summed E-state index contributed by atoms with van der Waals surface area (Å²) in [7, 11) is 0. The van der Waals surface area contributed by atoms with Crippen molar-refractivity contribution in [2.24, 2.45) is 0 Å². The monoisotopic (exact) mass is 206 g/mol. The SMILES string of the molecule is O=CNc1cc2ncc(O)cc2oc1=O. The Bertz CT molecular complexity index is 576. The minimum atomic E-state index is -0.693. The third-order valence-corrected chi connectivity index (χ3v) is 1.79. The molecule has 0 aliphatic heterocycles. The first kappa shape index (κ1) is 9.20. The van der Waals surface area contributed by atoms with Crippen molar-refractivity contribution in [1.82, 2.24) is 4.98 Å². The molecule has 6 heteroatoms. The van der Waals surface area contributed by atoms with Crippen LogP contribution in [0.4, 0.5) is 5.69 Å². The number of fused-ring (bicyclic) bond motifs is 1. The van der Waals surface area contributed by atoms with E-state index in [0.29, 0.717) is 11.9 Å². The molecule has 0 saturated heterocycles. The van der Waals surface area contributed by atoms with Gasteiger partial charge in [0.1, 0.15) is 17.0 Å². The van der Waals surface area contributed by atoms with E-state index in [4.69, 9.17) is 9.52 Å². The van der Waals surface area contributed by atoms with Gasteiger partial charge in [0, 0.05) is 6.07 Å². The van der Waals surface area contributed by atoms with Crippen LogP contribution in [0.25, 0.3) is 11.1 Å². The van der Waals surface area contributed by atoms with Crippen LogP contribution in [0.1, 0.15) is 0 Å². The average Bonchev–Trinajstić information content (AvgIpc) is 2.20. The van der Waals surface area contributed by atoms with Crippen molar-refractivity contribution < 1.29 is 14.3 Å². The largest absolute Gasteiger partial charge is 0.506 e. The van der Waals surface area contributed by atoms with Crippen LogP contribution in [0.2, 0.25) is 0 Å². The number of pyridine rings is 1. The van der Waals surface area contributed by atoms with Gasteiger partial charge in [0.05, 0.1) is 6.20 Å². The topological polar surface area (TPSA) is 92.4 Å². The molecule has 0 bridgehead atoms. The number of amides is 1. The summed E-state index contributed by atoms with van der Waals surface area (Å²) in [5.41, 5.74) is -0.147. The molecule has 2 heterocycles. The lowest BCUT2D eigenvalue weighted by Crippen LogP contribution is -2.08. The van der Waals surface area contributed by atoms with Gasteiger partial charge in [-0.25, -0.2) is 9.78 Å². The highest BCUT2D eigenvalue weighted by molar-refractivity contribution is 5.80. The van der Waals surface area contributed by atoms with Gasteiger partial charge >= 0.3 is 5.63 Å². The second kappa shape index (κ2) is 3.41. The molecule has 0 aromatic carbocycles. The molecular formula is C9H6N2O4. The predicted octanol–water partition coefficient (Wildman–Crippen LogP) is 0.462. The van der Waals surface area contributed by atoms with Gasteiger partial charge in [-0.05, 0) is 6.07 Å². The quantitative estimate of drug-likeness (QED) is 0.696. The zero-order valence-corrected chi connectivity index (χ0v) is 7.43. The van der Waals surface area contributed by atoms with Crippen molar-refractivity contribution in [2.75, 3.05) is 5.32 Å². The highest BCUT2D eigenvalue weighted by Crippen LogP contribution is 2.17. The molecule has 2 aromatic heterocycles. The van der Waals surface area contributed by atoms with Crippen molar-refractivity contribution in [2.45, 2.75) is 0 Å². The summed E-state index contributed by atoms with van der Waals surface area (Å²) < 4.78 is 4.83. The Labute approximate surface area is 83.2 Å². The summed E-state index contributed by atoms with van der Waals surface area (Å²) in [5, 5.41) is 11.3. The molecular weight excluding hydrogens is 200 g/mol. The Hall–Kier alpha value is -2.37. The Kier molecular flexibility index (Phi) is 2.09. The Morgan fingerprint density at radius 1 is 1.47 bits per heavy atom. The highest BCUT2D eigenvalue weighted by Gasteiger charge is 2.05. The van der Waals surface area contributed by atoms with E-state index in [1.807, 2.05) is 0 Å². The van der Waals surface area contributed by atoms with Crippen LogP contribution < -0.4 is 10.9 Å². The second-order valence-corrected chi connectivity index (χ2v) is 2.79. The molecule has 0 unspecified atom stereocenters. The average molecular weight is 206 g/mol. The van der Waals surface area contributed by atoms with Gasteiger partial charge in [-0.3, -0.25) is 4.79 Å². The Morgan fingerprint density at radius 3 is 3.00 bits per heavy atom. The summed E-state index contributed by atoms with van der Waals surface area (Å²) in [6, 6.07) is 2.64. The van der Waals surface area contributed by atoms with Gasteiger partial charge < -0.3 is 14.8 Å². The van der Waals surface area contributed by atoms with Crippen molar-refractivity contribution in [1.29, 1.82) is 0 Å². The van der Waals surface area contributed by atoms with E-state index in [-0.39, 0.29) is 17.0 Å². The molecule has 0 spiro atoms. The first-order valence-corrected chi connectivity index (χ1v) is 4.04. The molecule has 0 radical (unpaired) electrons. The summed E-state index contributed by atoms with van der Waals surface area (Å²) in [4.78, 5) is 25.2. The summed E-state index contributed by atoms with van der Waals surface area (Å²) >= 11 is 0. The molecule has 0 aliphatic carbocycles. The molecule has 6 nitrogen and oxygen atoms in total. The van der Waals surface area contributed by atoms with Crippen LogP contribution in [0.15, 0.2) is 27.5 Å². The summed E-state index contributed by atoms with van der Waals surface area (Å²) in [6.07, 6.45) is 1.59. The van der Waals surface area contributed by atoms with Crippen LogP contribution in [0, 0.1) is 0 Å². The molecule has 1 amide bonds. The third kappa shape index (κ3) is 1.64. The molecule has 2 aromatic rings. The van der Waals surface area contributed by atoms with E-state index < -0.39 is 5.63 Å². The fourth-order valence-electron chi connectivity index (χ4n) is 1.15. The lowest BCUT2D eigenvalue weighted by atomic mass is 10.3. The van der Waals surface area contributed by atoms with Gasteiger partial charge in [0.25, 0.3) is 0 Å². The van der Waals surface area contributed by atoms with Crippen LogP contribution in [-0.4, -0.2) is 16.5 Å². The smallest absolute Gasteiger partial charge is 0.360 e. The zero-order valence-electron chi connectivity index (χ0n) is 7.43. The van der Waals surface area contributed by atoms with Crippen molar-refractivity contribution in [3.05, 3.63) is 28.7 Å². The first-order valence-electron chi connectivity index (χ1n) is 4.04. The van der Waals surface area contributed by atoms with E-state index in [9.17, 15) is 9.59 Å². The number of anilines is 1. The molecule has 0 saturated carbocycles. The maximum Gasteiger partial charge on any atom is 0.360 e. The van der Waals surface area contributed by atoms with E-state index in [1.165, 1.54) is 18.3 Å². The first-order chi connectivity index (χ1) is 7.20. The number of nitrogens with zero attached hydrogens (tertiary/aromatic N) is 1. The van der Waals surface area contributed by atoms with Crippen LogP contribution >= 0.6 is 0 Å². The fourth-order valence-corrected chi connectivity index (χ4v) is 1.15. The van der Waals surface area contributed by atoms with E-state index >= 15 is 0 Å². The summed E-state index contributed by atoms with van der Waals surface area (Å²) in [6.45, 7) is 0. The third-order valence-electron chi connectivity index (χ3n) is 1.79. The van der Waals surface area contributed by atoms with Gasteiger partial charge in [0.15, 0.2) is 5.58 Å². The molecule has 2 rings (SSSR count). The summed E-state index contributed by atoms with van der Waals surface area (Å²) in [5.74, 6) is -0.0956. The molecule has 2 N–H and O–H groups in total. The number of carbonyl (C=O) groups is 1. The van der Waals surface area contributed by atoms with Gasteiger partial charge in [-0.1, -0.05) is 0 Å². The number of carbonyl (C=O) groups excluding carboxylic acids is 1. The number of nitrogens with one attached hydrogen (secondary N) is 1. The highest BCUT2D eigenvalue weighted by atomic mass is 16.4. The normalized spacial score (nSPS) is 10.1. The second-order valence-electron chi connectivity index (χ2n) is 2.79. The van der Waals surface area contributed by atoms with Crippen molar-refractivity contribution >= 4 is 23.2 Å². The standard InChI is InChI=1S/C9H6N2O4/c12-4-11-7-2-6-8(15-9(7)14)1-5(13)3-10-6/h1-4,13H,(H,11,12). The molecule has 0 atom stereocenters. The molecule has 0 aliphatic rings. The van der Waals surface area contributed by atoms with Crippen molar-refractivity contribution in [3.8, 4) is 5.75 Å². The number of aromatic hydroxyl groups is 1. The number of hydrogen-bond acceptors (Lipinski definition) is 5. The number of rotatable bonds is 2. The van der Waals surface area contributed by atoms with E-state index in [0.717, 1.165) is 0 Å². The molecule has 76 valence electrons. The minimum absolute atomic E-state index is 0.00990. The van der Waals surface area contributed by atoms with Gasteiger partial charge in [0.2, 0.25) is 6.41 Å². The predicted molar refractivity (Wildman–Crippen MR) is 51.6 cm³/mol.